The minimum atomic E-state index is -4.75. The molecule has 4 amide bonds. The Kier molecular flexibility index (Phi) is 4.81. The van der Waals surface area contributed by atoms with E-state index in [1.807, 2.05) is 17.0 Å². The zero-order chi connectivity index (χ0) is 18.9. The van der Waals surface area contributed by atoms with Crippen LogP contribution < -0.4 is 4.90 Å². The summed E-state index contributed by atoms with van der Waals surface area (Å²) in [5.74, 6) is -1.88. The molecule has 2 saturated heterocycles. The molecule has 0 aromatic carbocycles. The lowest BCUT2D eigenvalue weighted by Crippen LogP contribution is -2.51. The molecule has 0 unspecified atom stereocenters. The summed E-state index contributed by atoms with van der Waals surface area (Å²) in [5.41, 5.74) is 0. The molecule has 26 heavy (non-hydrogen) atoms. The van der Waals surface area contributed by atoms with Crippen LogP contribution in [0.1, 0.15) is 0 Å². The number of urea groups is 1. The number of rotatable bonds is 4. The smallest absolute Gasteiger partial charge is 0.354 e. The van der Waals surface area contributed by atoms with E-state index in [0.29, 0.717) is 31.1 Å². The fraction of sp³-hybridized carbons (Fsp3) is 0.467. The number of nitrogens with zero attached hydrogens (tertiary/aromatic N) is 5. The van der Waals surface area contributed by atoms with E-state index < -0.39 is 30.6 Å². The highest BCUT2D eigenvalue weighted by molar-refractivity contribution is 6.44. The first-order valence-electron chi connectivity index (χ1n) is 7.88. The van der Waals surface area contributed by atoms with Crippen LogP contribution in [0.5, 0.6) is 0 Å². The van der Waals surface area contributed by atoms with Gasteiger partial charge in [-0.05, 0) is 12.1 Å². The third kappa shape index (κ3) is 3.77. The molecule has 140 valence electrons. The predicted octanol–water partition coefficient (Wildman–Crippen LogP) is 0.514. The lowest BCUT2D eigenvalue weighted by molar-refractivity contribution is -0.156. The van der Waals surface area contributed by atoms with Crippen molar-refractivity contribution in [1.82, 2.24) is 19.7 Å². The molecule has 1 aromatic rings. The van der Waals surface area contributed by atoms with Crippen molar-refractivity contribution in [2.45, 2.75) is 6.18 Å². The lowest BCUT2D eigenvalue weighted by atomic mass is 10.3. The van der Waals surface area contributed by atoms with Crippen LogP contribution in [0, 0.1) is 0 Å². The van der Waals surface area contributed by atoms with E-state index in [1.165, 1.54) is 0 Å². The largest absolute Gasteiger partial charge is 0.406 e. The Morgan fingerprint density at radius 1 is 0.962 bits per heavy atom. The van der Waals surface area contributed by atoms with E-state index in [-0.39, 0.29) is 11.6 Å². The van der Waals surface area contributed by atoms with Gasteiger partial charge in [-0.3, -0.25) is 14.5 Å². The summed E-state index contributed by atoms with van der Waals surface area (Å²) in [6.07, 6.45) is -3.08. The second-order valence-corrected chi connectivity index (χ2v) is 5.96. The first-order valence-corrected chi connectivity index (χ1v) is 7.88. The van der Waals surface area contributed by atoms with E-state index in [1.54, 1.807) is 17.2 Å². The first kappa shape index (κ1) is 18.1. The predicted molar refractivity (Wildman–Crippen MR) is 82.9 cm³/mol. The number of carbonyl (C=O) groups excluding carboxylic acids is 3. The fourth-order valence-electron chi connectivity index (χ4n) is 2.85. The molecule has 0 N–H and O–H groups in total. The minimum Gasteiger partial charge on any atom is -0.354 e. The van der Waals surface area contributed by atoms with Gasteiger partial charge in [0.1, 0.15) is 12.4 Å². The van der Waals surface area contributed by atoms with Gasteiger partial charge in [-0.2, -0.15) is 13.2 Å². The summed E-state index contributed by atoms with van der Waals surface area (Å²) >= 11 is 0. The Hall–Kier alpha value is -2.69. The number of hydrogen-bond acceptors (Lipinski definition) is 6. The van der Waals surface area contributed by atoms with Crippen LogP contribution in [0.25, 0.3) is 0 Å². The number of hydrogen-bond donors (Lipinski definition) is 0. The van der Waals surface area contributed by atoms with E-state index in [9.17, 15) is 27.6 Å². The van der Waals surface area contributed by atoms with Crippen LogP contribution >= 0.6 is 0 Å². The number of carbonyl (C=O) groups is 3. The standard InChI is InChI=1S/C15H16F3N5O3/c16-15(17,18)9-22-12(24)13(25)23(14(22)26)10-20-5-7-21(8-6-20)11-3-1-2-4-19-11/h1-4H,5-10H2. The summed E-state index contributed by atoms with van der Waals surface area (Å²) in [6, 6.07) is 4.28. The van der Waals surface area contributed by atoms with Crippen molar-refractivity contribution in [3.05, 3.63) is 24.4 Å². The van der Waals surface area contributed by atoms with Gasteiger partial charge in [0.15, 0.2) is 0 Å². The maximum absolute atomic E-state index is 12.5. The molecular weight excluding hydrogens is 355 g/mol. The van der Waals surface area contributed by atoms with Crippen LogP contribution in [0.4, 0.5) is 23.8 Å². The first-order chi connectivity index (χ1) is 12.3. The number of pyridine rings is 1. The maximum Gasteiger partial charge on any atom is 0.406 e. The highest BCUT2D eigenvalue weighted by atomic mass is 19.4. The van der Waals surface area contributed by atoms with Gasteiger partial charge < -0.3 is 4.90 Å². The Labute approximate surface area is 146 Å². The van der Waals surface area contributed by atoms with Crippen molar-refractivity contribution < 1.29 is 27.6 Å². The molecule has 11 heteroatoms. The highest BCUT2D eigenvalue weighted by Crippen LogP contribution is 2.22. The van der Waals surface area contributed by atoms with E-state index >= 15 is 0 Å². The van der Waals surface area contributed by atoms with Crippen molar-refractivity contribution >= 4 is 23.7 Å². The van der Waals surface area contributed by atoms with Crippen molar-refractivity contribution in [2.24, 2.45) is 0 Å². The molecular formula is C15H16F3N5O3. The molecule has 2 aliphatic rings. The second-order valence-electron chi connectivity index (χ2n) is 5.96. The van der Waals surface area contributed by atoms with Gasteiger partial charge in [-0.25, -0.2) is 19.6 Å². The zero-order valence-electron chi connectivity index (χ0n) is 13.6. The van der Waals surface area contributed by atoms with Crippen LogP contribution in [0.2, 0.25) is 0 Å². The maximum atomic E-state index is 12.5. The van der Waals surface area contributed by atoms with Gasteiger partial charge >= 0.3 is 24.0 Å². The zero-order valence-corrected chi connectivity index (χ0v) is 13.6. The summed E-state index contributed by atoms with van der Waals surface area (Å²) in [7, 11) is 0. The molecule has 0 atom stereocenters. The fourth-order valence-corrected chi connectivity index (χ4v) is 2.85. The van der Waals surface area contributed by atoms with Gasteiger partial charge in [0.25, 0.3) is 0 Å². The topological polar surface area (TPSA) is 77.1 Å². The molecule has 3 heterocycles. The Balaban J connectivity index is 1.59. The molecule has 1 aromatic heterocycles. The van der Waals surface area contributed by atoms with Crippen molar-refractivity contribution in [3.8, 4) is 0 Å². The summed E-state index contributed by atoms with van der Waals surface area (Å²) in [6.45, 7) is 0.122. The molecule has 0 radical (unpaired) electrons. The van der Waals surface area contributed by atoms with Gasteiger partial charge in [0, 0.05) is 32.4 Å². The number of anilines is 1. The number of halogens is 3. The molecule has 2 aliphatic heterocycles. The Bertz CT molecular complexity index is 704. The summed E-state index contributed by atoms with van der Waals surface area (Å²) in [4.78, 5) is 44.1. The quantitative estimate of drug-likeness (QED) is 0.567. The molecule has 2 fully saturated rings. The van der Waals surface area contributed by atoms with Gasteiger partial charge in [-0.1, -0.05) is 6.07 Å². The van der Waals surface area contributed by atoms with Crippen LogP contribution in [0.3, 0.4) is 0 Å². The van der Waals surface area contributed by atoms with E-state index in [2.05, 4.69) is 4.98 Å². The normalized spacial score (nSPS) is 19.7. The van der Waals surface area contributed by atoms with Crippen molar-refractivity contribution in [2.75, 3.05) is 44.3 Å². The highest BCUT2D eigenvalue weighted by Gasteiger charge is 2.49. The van der Waals surface area contributed by atoms with Crippen LogP contribution in [-0.2, 0) is 9.59 Å². The molecule has 0 aliphatic carbocycles. The Morgan fingerprint density at radius 3 is 2.19 bits per heavy atom. The number of amides is 4. The lowest BCUT2D eigenvalue weighted by Gasteiger charge is -2.36. The van der Waals surface area contributed by atoms with E-state index in [4.69, 9.17) is 0 Å². The average Bonchev–Trinajstić information content (AvgIpc) is 2.80. The monoisotopic (exact) mass is 371 g/mol. The molecule has 0 spiro atoms. The van der Waals surface area contributed by atoms with Crippen LogP contribution in [-0.4, -0.2) is 83.1 Å². The van der Waals surface area contributed by atoms with Crippen LogP contribution in [0.15, 0.2) is 24.4 Å². The van der Waals surface area contributed by atoms with Gasteiger partial charge in [0.2, 0.25) is 0 Å². The third-order valence-electron chi connectivity index (χ3n) is 4.16. The number of piperazine rings is 1. The van der Waals surface area contributed by atoms with Gasteiger partial charge in [0.05, 0.1) is 6.67 Å². The summed E-state index contributed by atoms with van der Waals surface area (Å²) < 4.78 is 37.4. The number of aromatic nitrogens is 1. The molecule has 8 nitrogen and oxygen atoms in total. The number of alkyl halides is 3. The second kappa shape index (κ2) is 6.90. The third-order valence-corrected chi connectivity index (χ3v) is 4.16. The molecule has 0 saturated carbocycles. The van der Waals surface area contributed by atoms with Crippen molar-refractivity contribution in [1.29, 1.82) is 0 Å². The SMILES string of the molecule is O=C1C(=O)N(CC(F)(F)F)C(=O)N1CN1CCN(c2ccccn2)CC1. The molecule has 3 rings (SSSR count). The van der Waals surface area contributed by atoms with Crippen molar-refractivity contribution in [3.63, 3.8) is 0 Å². The Morgan fingerprint density at radius 2 is 1.62 bits per heavy atom. The van der Waals surface area contributed by atoms with E-state index in [0.717, 1.165) is 5.82 Å². The summed E-state index contributed by atoms with van der Waals surface area (Å²) in [5, 5.41) is 0. The van der Waals surface area contributed by atoms with Gasteiger partial charge in [-0.15, -0.1) is 0 Å². The number of imide groups is 2. The average molecular weight is 371 g/mol. The minimum absolute atomic E-state index is 0.0630. The molecule has 0 bridgehead atoms.